The molecule has 1 fully saturated rings. The van der Waals surface area contributed by atoms with Crippen molar-refractivity contribution in [1.82, 2.24) is 0 Å². The van der Waals surface area contributed by atoms with Crippen molar-refractivity contribution in [2.75, 3.05) is 18.0 Å². The van der Waals surface area contributed by atoms with Crippen LogP contribution >= 0.6 is 15.9 Å². The SMILES string of the molecule is CC(O)c1cc(Br)ccc1N1CCC(C(N)=O)CC1. The molecule has 19 heavy (non-hydrogen) atoms. The van der Waals surface area contributed by atoms with Crippen molar-refractivity contribution in [2.24, 2.45) is 11.7 Å². The minimum atomic E-state index is -0.513. The second-order valence-corrected chi connectivity index (χ2v) is 5.96. The fourth-order valence-corrected chi connectivity index (χ4v) is 2.93. The third-order valence-corrected chi connectivity index (χ3v) is 4.17. The third-order valence-electron chi connectivity index (χ3n) is 3.68. The van der Waals surface area contributed by atoms with Gasteiger partial charge in [-0.05, 0) is 38.0 Å². The summed E-state index contributed by atoms with van der Waals surface area (Å²) in [5, 5.41) is 9.88. The predicted molar refractivity (Wildman–Crippen MR) is 78.9 cm³/mol. The minimum Gasteiger partial charge on any atom is -0.389 e. The Balaban J connectivity index is 2.17. The number of carbonyl (C=O) groups is 1. The second-order valence-electron chi connectivity index (χ2n) is 5.04. The summed E-state index contributed by atoms with van der Waals surface area (Å²) >= 11 is 3.43. The van der Waals surface area contributed by atoms with E-state index in [1.807, 2.05) is 18.2 Å². The van der Waals surface area contributed by atoms with Crippen LogP contribution in [0.25, 0.3) is 0 Å². The lowest BCUT2D eigenvalue weighted by Crippen LogP contribution is -2.39. The molecule has 2 rings (SSSR count). The van der Waals surface area contributed by atoms with Gasteiger partial charge < -0.3 is 15.7 Å². The van der Waals surface area contributed by atoms with Gasteiger partial charge in [-0.25, -0.2) is 0 Å². The van der Waals surface area contributed by atoms with Gasteiger partial charge in [0.25, 0.3) is 0 Å². The van der Waals surface area contributed by atoms with Crippen molar-refractivity contribution in [3.8, 4) is 0 Å². The van der Waals surface area contributed by atoms with Gasteiger partial charge in [0.1, 0.15) is 0 Å². The fraction of sp³-hybridized carbons (Fsp3) is 0.500. The van der Waals surface area contributed by atoms with Crippen LogP contribution in [0.1, 0.15) is 31.4 Å². The first-order chi connectivity index (χ1) is 8.99. The van der Waals surface area contributed by atoms with Crippen molar-refractivity contribution in [2.45, 2.75) is 25.9 Å². The molecule has 1 aliphatic heterocycles. The number of piperidine rings is 1. The number of carbonyl (C=O) groups excluding carboxylic acids is 1. The van der Waals surface area contributed by atoms with E-state index >= 15 is 0 Å². The van der Waals surface area contributed by atoms with Crippen LogP contribution in [0.2, 0.25) is 0 Å². The van der Waals surface area contributed by atoms with Crippen LogP contribution in [0.4, 0.5) is 5.69 Å². The number of amides is 1. The molecule has 0 aliphatic carbocycles. The number of nitrogens with zero attached hydrogens (tertiary/aromatic N) is 1. The Morgan fingerprint density at radius 2 is 2.11 bits per heavy atom. The van der Waals surface area contributed by atoms with Crippen molar-refractivity contribution in [3.05, 3.63) is 28.2 Å². The molecule has 104 valence electrons. The molecule has 0 bridgehead atoms. The van der Waals surface area contributed by atoms with Crippen molar-refractivity contribution >= 4 is 27.5 Å². The zero-order valence-corrected chi connectivity index (χ0v) is 12.6. The van der Waals surface area contributed by atoms with E-state index in [0.717, 1.165) is 41.7 Å². The number of hydrogen-bond donors (Lipinski definition) is 2. The van der Waals surface area contributed by atoms with E-state index in [9.17, 15) is 9.90 Å². The van der Waals surface area contributed by atoms with Gasteiger partial charge in [-0.15, -0.1) is 0 Å². The van der Waals surface area contributed by atoms with Crippen LogP contribution in [-0.2, 0) is 4.79 Å². The molecule has 4 nitrogen and oxygen atoms in total. The number of aliphatic hydroxyl groups is 1. The minimum absolute atomic E-state index is 0.0123. The quantitative estimate of drug-likeness (QED) is 0.894. The van der Waals surface area contributed by atoms with Gasteiger partial charge in [0.05, 0.1) is 6.10 Å². The van der Waals surface area contributed by atoms with Crippen LogP contribution in [0.5, 0.6) is 0 Å². The molecule has 1 aliphatic rings. The summed E-state index contributed by atoms with van der Waals surface area (Å²) in [5.41, 5.74) is 7.30. The number of nitrogens with two attached hydrogens (primary N) is 1. The van der Waals surface area contributed by atoms with Crippen LogP contribution in [0.3, 0.4) is 0 Å². The molecule has 1 aromatic carbocycles. The highest BCUT2D eigenvalue weighted by Crippen LogP contribution is 2.32. The smallest absolute Gasteiger partial charge is 0.220 e. The summed E-state index contributed by atoms with van der Waals surface area (Å²) in [4.78, 5) is 13.4. The first-order valence-corrected chi connectivity index (χ1v) is 7.30. The molecule has 0 saturated carbocycles. The fourth-order valence-electron chi connectivity index (χ4n) is 2.55. The molecule has 1 saturated heterocycles. The highest BCUT2D eigenvalue weighted by Gasteiger charge is 2.25. The number of halogens is 1. The molecule has 1 unspecified atom stereocenters. The van der Waals surface area contributed by atoms with Crippen molar-refractivity contribution < 1.29 is 9.90 Å². The van der Waals surface area contributed by atoms with Gasteiger partial charge >= 0.3 is 0 Å². The Bertz CT molecular complexity index is 469. The molecule has 3 N–H and O–H groups in total. The topological polar surface area (TPSA) is 66.6 Å². The molecule has 0 radical (unpaired) electrons. The van der Waals surface area contributed by atoms with E-state index in [-0.39, 0.29) is 11.8 Å². The Labute approximate surface area is 121 Å². The largest absolute Gasteiger partial charge is 0.389 e. The normalized spacial score (nSPS) is 18.4. The molecule has 0 spiro atoms. The number of anilines is 1. The summed E-state index contributed by atoms with van der Waals surface area (Å²) < 4.78 is 0.958. The van der Waals surface area contributed by atoms with Gasteiger partial charge in [0.15, 0.2) is 0 Å². The van der Waals surface area contributed by atoms with Crippen molar-refractivity contribution in [3.63, 3.8) is 0 Å². The average Bonchev–Trinajstić information content (AvgIpc) is 2.38. The summed E-state index contributed by atoms with van der Waals surface area (Å²) in [6.45, 7) is 3.37. The van der Waals surface area contributed by atoms with Crippen LogP contribution in [0, 0.1) is 5.92 Å². The Kier molecular flexibility index (Phi) is 4.47. The highest BCUT2D eigenvalue weighted by atomic mass is 79.9. The van der Waals surface area contributed by atoms with Crippen LogP contribution < -0.4 is 10.6 Å². The lowest BCUT2D eigenvalue weighted by Gasteiger charge is -2.34. The van der Waals surface area contributed by atoms with Gasteiger partial charge in [0.2, 0.25) is 5.91 Å². The van der Waals surface area contributed by atoms with Crippen LogP contribution in [-0.4, -0.2) is 24.1 Å². The maximum Gasteiger partial charge on any atom is 0.220 e. The van der Waals surface area contributed by atoms with Gasteiger partial charge in [-0.2, -0.15) is 0 Å². The molecule has 5 heteroatoms. The van der Waals surface area contributed by atoms with E-state index in [2.05, 4.69) is 20.8 Å². The average molecular weight is 327 g/mol. The number of rotatable bonds is 3. The molecule has 1 amide bonds. The molecular formula is C14H19BrN2O2. The number of benzene rings is 1. The zero-order valence-electron chi connectivity index (χ0n) is 11.0. The summed E-state index contributed by atoms with van der Waals surface area (Å²) in [6, 6.07) is 5.93. The Morgan fingerprint density at radius 1 is 1.47 bits per heavy atom. The Hall–Kier alpha value is -1.07. The highest BCUT2D eigenvalue weighted by molar-refractivity contribution is 9.10. The van der Waals surface area contributed by atoms with E-state index in [4.69, 9.17) is 5.73 Å². The standard InChI is InChI=1S/C14H19BrN2O2/c1-9(18)12-8-11(15)2-3-13(12)17-6-4-10(5-7-17)14(16)19/h2-3,8-10,18H,4-7H2,1H3,(H2,16,19). The third kappa shape index (κ3) is 3.28. The second kappa shape index (κ2) is 5.92. The first-order valence-electron chi connectivity index (χ1n) is 6.51. The summed E-state index contributed by atoms with van der Waals surface area (Å²) in [7, 11) is 0. The number of aliphatic hydroxyl groups excluding tert-OH is 1. The lowest BCUT2D eigenvalue weighted by atomic mass is 9.95. The maximum atomic E-state index is 11.2. The molecular weight excluding hydrogens is 308 g/mol. The summed E-state index contributed by atoms with van der Waals surface area (Å²) in [5.74, 6) is -0.215. The van der Waals surface area contributed by atoms with E-state index in [1.165, 1.54) is 0 Å². The van der Waals surface area contributed by atoms with Crippen LogP contribution in [0.15, 0.2) is 22.7 Å². The van der Waals surface area contributed by atoms with E-state index < -0.39 is 6.10 Å². The van der Waals surface area contributed by atoms with E-state index in [0.29, 0.717) is 0 Å². The molecule has 1 atom stereocenters. The predicted octanol–water partition coefficient (Wildman–Crippen LogP) is 2.20. The number of primary amides is 1. The zero-order chi connectivity index (χ0) is 14.0. The summed E-state index contributed by atoms with van der Waals surface area (Å²) in [6.07, 6.45) is 1.05. The molecule has 1 aromatic rings. The monoisotopic (exact) mass is 326 g/mol. The Morgan fingerprint density at radius 3 is 2.63 bits per heavy atom. The molecule has 1 heterocycles. The van der Waals surface area contributed by atoms with Gasteiger partial charge in [-0.1, -0.05) is 15.9 Å². The van der Waals surface area contributed by atoms with Gasteiger partial charge in [-0.3, -0.25) is 4.79 Å². The number of hydrogen-bond acceptors (Lipinski definition) is 3. The van der Waals surface area contributed by atoms with E-state index in [1.54, 1.807) is 6.92 Å². The lowest BCUT2D eigenvalue weighted by molar-refractivity contribution is -0.122. The van der Waals surface area contributed by atoms with Gasteiger partial charge in [0, 0.05) is 34.7 Å². The maximum absolute atomic E-state index is 11.2. The molecule has 0 aromatic heterocycles. The first kappa shape index (κ1) is 14.3. The van der Waals surface area contributed by atoms with Crippen molar-refractivity contribution in [1.29, 1.82) is 0 Å².